The van der Waals surface area contributed by atoms with E-state index in [2.05, 4.69) is 5.10 Å². The monoisotopic (exact) mass is 206 g/mol. The van der Waals surface area contributed by atoms with Gasteiger partial charge in [0.1, 0.15) is 5.75 Å². The van der Waals surface area contributed by atoms with Gasteiger partial charge in [0.25, 0.3) is 5.56 Å². The number of aromatic hydroxyl groups is 1. The number of hydrogen-bond donors (Lipinski definition) is 2. The molecule has 0 radical (unpaired) electrons. The first-order valence-corrected chi connectivity index (χ1v) is 4.36. The fourth-order valence-corrected chi connectivity index (χ4v) is 1.31. The molecular formula is C10H10N2O3. The van der Waals surface area contributed by atoms with Crippen LogP contribution in [0.2, 0.25) is 0 Å². The minimum absolute atomic E-state index is 0.120. The quantitative estimate of drug-likeness (QED) is 0.766. The summed E-state index contributed by atoms with van der Waals surface area (Å²) in [5.41, 5.74) is 0.318. The standard InChI is InChI=1S/C10H10N2O3/c1-15-8-4-2-7(3-5-8)12-10(14)6-9(13)11-12/h2-6,14H,1H3,(H,11,13). The van der Waals surface area contributed by atoms with Gasteiger partial charge in [-0.25, -0.2) is 4.68 Å². The molecular weight excluding hydrogens is 196 g/mol. The third kappa shape index (κ3) is 1.71. The first kappa shape index (κ1) is 9.39. The highest BCUT2D eigenvalue weighted by atomic mass is 16.5. The molecule has 0 atom stereocenters. The Morgan fingerprint density at radius 3 is 2.47 bits per heavy atom. The molecule has 0 bridgehead atoms. The zero-order valence-electron chi connectivity index (χ0n) is 8.10. The summed E-state index contributed by atoms with van der Waals surface area (Å²) >= 11 is 0. The SMILES string of the molecule is COc1ccc(-n2[nH]c(=O)cc2O)cc1. The molecule has 0 spiro atoms. The molecule has 0 saturated heterocycles. The number of rotatable bonds is 2. The third-order valence-corrected chi connectivity index (χ3v) is 2.04. The van der Waals surface area contributed by atoms with Crippen molar-refractivity contribution in [2.24, 2.45) is 0 Å². The summed E-state index contributed by atoms with van der Waals surface area (Å²) in [6, 6.07) is 8.06. The van der Waals surface area contributed by atoms with Gasteiger partial charge < -0.3 is 9.84 Å². The number of nitrogens with zero attached hydrogens (tertiary/aromatic N) is 1. The predicted octanol–water partition coefficient (Wildman–Crippen LogP) is 0.880. The Balaban J connectivity index is 2.45. The average molecular weight is 206 g/mol. The molecule has 0 aliphatic rings. The molecule has 2 rings (SSSR count). The second-order valence-electron chi connectivity index (χ2n) is 3.01. The van der Waals surface area contributed by atoms with Crippen molar-refractivity contribution in [3.05, 3.63) is 40.7 Å². The lowest BCUT2D eigenvalue weighted by Gasteiger charge is -2.04. The minimum Gasteiger partial charge on any atom is -0.497 e. The van der Waals surface area contributed by atoms with E-state index in [0.717, 1.165) is 6.07 Å². The maximum Gasteiger partial charge on any atom is 0.268 e. The van der Waals surface area contributed by atoms with Crippen molar-refractivity contribution >= 4 is 0 Å². The average Bonchev–Trinajstić information content (AvgIpc) is 2.58. The lowest BCUT2D eigenvalue weighted by molar-refractivity contribution is 0.414. The number of hydrogen-bond acceptors (Lipinski definition) is 3. The van der Waals surface area contributed by atoms with Gasteiger partial charge in [-0.3, -0.25) is 9.89 Å². The van der Waals surface area contributed by atoms with Crippen LogP contribution in [0, 0.1) is 0 Å². The van der Waals surface area contributed by atoms with Crippen LogP contribution in [0.4, 0.5) is 0 Å². The van der Waals surface area contributed by atoms with Gasteiger partial charge in [-0.15, -0.1) is 0 Å². The number of H-pyrrole nitrogens is 1. The molecule has 0 aliphatic carbocycles. The van der Waals surface area contributed by atoms with Crippen molar-refractivity contribution in [3.8, 4) is 17.3 Å². The molecule has 1 aromatic heterocycles. The lowest BCUT2D eigenvalue weighted by atomic mass is 10.3. The van der Waals surface area contributed by atoms with Gasteiger partial charge in [0.05, 0.1) is 18.9 Å². The molecule has 1 heterocycles. The fourth-order valence-electron chi connectivity index (χ4n) is 1.31. The van der Waals surface area contributed by atoms with Crippen LogP contribution in [0.15, 0.2) is 35.1 Å². The summed E-state index contributed by atoms with van der Waals surface area (Å²) in [5, 5.41) is 11.9. The summed E-state index contributed by atoms with van der Waals surface area (Å²) < 4.78 is 6.29. The van der Waals surface area contributed by atoms with E-state index < -0.39 is 0 Å². The molecule has 0 saturated carbocycles. The number of nitrogens with one attached hydrogen (secondary N) is 1. The summed E-state index contributed by atoms with van der Waals surface area (Å²) in [6.45, 7) is 0. The molecule has 5 nitrogen and oxygen atoms in total. The molecule has 2 N–H and O–H groups in total. The van der Waals surface area contributed by atoms with Crippen molar-refractivity contribution in [1.29, 1.82) is 0 Å². The van der Waals surface area contributed by atoms with Crippen molar-refractivity contribution < 1.29 is 9.84 Å². The number of benzene rings is 1. The Labute approximate surface area is 85.5 Å². The Hall–Kier alpha value is -2.17. The van der Waals surface area contributed by atoms with Crippen LogP contribution < -0.4 is 10.3 Å². The summed E-state index contributed by atoms with van der Waals surface area (Å²) in [7, 11) is 1.57. The molecule has 5 heteroatoms. The van der Waals surface area contributed by atoms with Crippen LogP contribution in [-0.2, 0) is 0 Å². The number of ether oxygens (including phenoxy) is 1. The van der Waals surface area contributed by atoms with E-state index in [1.54, 1.807) is 31.4 Å². The number of aromatic amines is 1. The third-order valence-electron chi connectivity index (χ3n) is 2.04. The summed E-state index contributed by atoms with van der Waals surface area (Å²) in [4.78, 5) is 10.9. The molecule has 2 aromatic rings. The molecule has 78 valence electrons. The van der Waals surface area contributed by atoms with Gasteiger partial charge in [0.2, 0.25) is 5.88 Å². The number of methoxy groups -OCH3 is 1. The molecule has 0 fully saturated rings. The van der Waals surface area contributed by atoms with Crippen molar-refractivity contribution in [2.75, 3.05) is 7.11 Å². The Morgan fingerprint density at radius 1 is 1.33 bits per heavy atom. The van der Waals surface area contributed by atoms with Crippen LogP contribution in [0.3, 0.4) is 0 Å². The van der Waals surface area contributed by atoms with Crippen LogP contribution in [0.1, 0.15) is 0 Å². The van der Waals surface area contributed by atoms with Gasteiger partial charge in [0, 0.05) is 0 Å². The topological polar surface area (TPSA) is 67.2 Å². The predicted molar refractivity (Wildman–Crippen MR) is 54.6 cm³/mol. The van der Waals surface area contributed by atoms with E-state index >= 15 is 0 Å². The van der Waals surface area contributed by atoms with Gasteiger partial charge in [-0.2, -0.15) is 0 Å². The van der Waals surface area contributed by atoms with Gasteiger partial charge in [-0.1, -0.05) is 0 Å². The fraction of sp³-hybridized carbons (Fsp3) is 0.100. The second kappa shape index (κ2) is 3.53. The first-order valence-electron chi connectivity index (χ1n) is 4.36. The summed E-state index contributed by atoms with van der Waals surface area (Å²) in [6.07, 6.45) is 0. The van der Waals surface area contributed by atoms with Crippen LogP contribution in [0.25, 0.3) is 5.69 Å². The van der Waals surface area contributed by atoms with Crippen molar-refractivity contribution in [1.82, 2.24) is 9.78 Å². The van der Waals surface area contributed by atoms with E-state index in [4.69, 9.17) is 4.74 Å². The van der Waals surface area contributed by atoms with E-state index in [1.807, 2.05) is 0 Å². The van der Waals surface area contributed by atoms with E-state index in [9.17, 15) is 9.90 Å². The van der Waals surface area contributed by atoms with E-state index in [-0.39, 0.29) is 11.4 Å². The Kier molecular flexibility index (Phi) is 2.21. The van der Waals surface area contributed by atoms with E-state index in [1.165, 1.54) is 4.68 Å². The maximum atomic E-state index is 10.9. The van der Waals surface area contributed by atoms with Gasteiger partial charge >= 0.3 is 0 Å². The highest BCUT2D eigenvalue weighted by Crippen LogP contribution is 2.17. The Bertz CT molecular complexity index is 510. The molecule has 0 aliphatic heterocycles. The molecule has 1 aromatic carbocycles. The normalized spacial score (nSPS) is 10.2. The first-order chi connectivity index (χ1) is 7.20. The highest BCUT2D eigenvalue weighted by molar-refractivity contribution is 5.38. The largest absolute Gasteiger partial charge is 0.497 e. The zero-order chi connectivity index (χ0) is 10.8. The van der Waals surface area contributed by atoms with Crippen molar-refractivity contribution in [3.63, 3.8) is 0 Å². The zero-order valence-corrected chi connectivity index (χ0v) is 8.10. The van der Waals surface area contributed by atoms with Crippen LogP contribution in [0.5, 0.6) is 11.6 Å². The molecule has 15 heavy (non-hydrogen) atoms. The van der Waals surface area contributed by atoms with Gasteiger partial charge in [-0.05, 0) is 24.3 Å². The smallest absolute Gasteiger partial charge is 0.268 e. The second-order valence-corrected chi connectivity index (χ2v) is 3.01. The Morgan fingerprint density at radius 2 is 2.00 bits per heavy atom. The van der Waals surface area contributed by atoms with Crippen molar-refractivity contribution in [2.45, 2.75) is 0 Å². The highest BCUT2D eigenvalue weighted by Gasteiger charge is 2.04. The van der Waals surface area contributed by atoms with Gasteiger partial charge in [0.15, 0.2) is 0 Å². The molecule has 0 amide bonds. The van der Waals surface area contributed by atoms with Crippen LogP contribution in [-0.4, -0.2) is 22.0 Å². The maximum absolute atomic E-state index is 10.9. The van der Waals surface area contributed by atoms with E-state index in [0.29, 0.717) is 11.4 Å². The minimum atomic E-state index is -0.344. The van der Waals surface area contributed by atoms with Crippen LogP contribution >= 0.6 is 0 Å². The molecule has 0 unspecified atom stereocenters. The summed E-state index contributed by atoms with van der Waals surface area (Å²) in [5.74, 6) is 0.595. The number of aromatic nitrogens is 2. The lowest BCUT2D eigenvalue weighted by Crippen LogP contribution is -2.03.